The lowest BCUT2D eigenvalue weighted by molar-refractivity contribution is -0.136. The molecule has 0 unspecified atom stereocenters. The predicted octanol–water partition coefficient (Wildman–Crippen LogP) is 5.38. The number of halogens is 1. The number of hydrogen-bond acceptors (Lipinski definition) is 8. The Morgan fingerprint density at radius 3 is 2.62 bits per heavy atom. The smallest absolute Gasteiger partial charge is 0.341 e. The summed E-state index contributed by atoms with van der Waals surface area (Å²) in [6, 6.07) is 12.5. The molecule has 2 N–H and O–H groups in total. The van der Waals surface area contributed by atoms with E-state index in [0.717, 1.165) is 35.3 Å². The lowest BCUT2D eigenvalue weighted by Gasteiger charge is -2.18. The Hall–Kier alpha value is -3.89. The lowest BCUT2D eigenvalue weighted by atomic mass is 9.88. The maximum Gasteiger partial charge on any atom is 0.341 e. The van der Waals surface area contributed by atoms with Gasteiger partial charge in [0.15, 0.2) is 11.5 Å². The van der Waals surface area contributed by atoms with Gasteiger partial charge in [-0.2, -0.15) is 5.10 Å². The fraction of sp³-hybridized carbons (Fsp3) is 0.310. The quantitative estimate of drug-likeness (QED) is 0.151. The SMILES string of the molecule is CCOC(=O)c1c(NC(=O)C(=O)N/N=C\c2ccc(OCc3ccc(Cl)cc3)c(OC)c2)sc2c1CC[C@H](C)C2. The van der Waals surface area contributed by atoms with Gasteiger partial charge in [0.2, 0.25) is 0 Å². The molecule has 40 heavy (non-hydrogen) atoms. The molecule has 0 saturated heterocycles. The Morgan fingerprint density at radius 2 is 1.90 bits per heavy atom. The molecule has 1 aliphatic carbocycles. The van der Waals surface area contributed by atoms with Gasteiger partial charge in [0, 0.05) is 9.90 Å². The normalized spacial score (nSPS) is 14.3. The highest BCUT2D eigenvalue weighted by atomic mass is 35.5. The molecule has 0 aliphatic heterocycles. The molecule has 0 spiro atoms. The van der Waals surface area contributed by atoms with Crippen molar-refractivity contribution < 1.29 is 28.6 Å². The molecule has 1 atom stereocenters. The van der Waals surface area contributed by atoms with Crippen molar-refractivity contribution in [2.24, 2.45) is 11.0 Å². The van der Waals surface area contributed by atoms with E-state index in [1.165, 1.54) is 24.7 Å². The molecule has 1 aliphatic rings. The number of fused-ring (bicyclic) bond motifs is 1. The number of hydrazone groups is 1. The highest BCUT2D eigenvalue weighted by molar-refractivity contribution is 7.17. The molecule has 0 fully saturated rings. The molecule has 2 amide bonds. The first-order valence-electron chi connectivity index (χ1n) is 12.8. The van der Waals surface area contributed by atoms with Crippen LogP contribution < -0.4 is 20.2 Å². The molecule has 4 rings (SSSR count). The van der Waals surface area contributed by atoms with Gasteiger partial charge in [-0.05, 0) is 79.1 Å². The number of nitrogens with zero attached hydrogens (tertiary/aromatic N) is 1. The average Bonchev–Trinajstić information content (AvgIpc) is 3.29. The summed E-state index contributed by atoms with van der Waals surface area (Å²) in [4.78, 5) is 38.8. The molecule has 11 heteroatoms. The van der Waals surface area contributed by atoms with Crippen molar-refractivity contribution in [3.8, 4) is 11.5 Å². The van der Waals surface area contributed by atoms with Gasteiger partial charge in [0.25, 0.3) is 0 Å². The highest BCUT2D eigenvalue weighted by Gasteiger charge is 2.30. The van der Waals surface area contributed by atoms with E-state index >= 15 is 0 Å². The molecule has 3 aromatic rings. The molecular formula is C29H30ClN3O6S. The van der Waals surface area contributed by atoms with Gasteiger partial charge in [-0.3, -0.25) is 9.59 Å². The molecule has 1 aromatic heterocycles. The highest BCUT2D eigenvalue weighted by Crippen LogP contribution is 2.40. The first kappa shape index (κ1) is 29.1. The summed E-state index contributed by atoms with van der Waals surface area (Å²) < 4.78 is 16.5. The standard InChI is InChI=1S/C29H30ClN3O6S/c1-4-38-29(36)25-21-11-5-17(2)13-24(21)40-28(25)32-26(34)27(35)33-31-15-19-8-12-22(23(14-19)37-3)39-16-18-6-9-20(30)10-7-18/h6-10,12,14-15,17H,4-5,11,13,16H2,1-3H3,(H,32,34)(H,33,35)/b31-15-/t17-/m0/s1. The monoisotopic (exact) mass is 583 g/mol. The van der Waals surface area contributed by atoms with Crippen molar-refractivity contribution in [1.29, 1.82) is 0 Å². The third-order valence-corrected chi connectivity index (χ3v) is 7.72. The van der Waals surface area contributed by atoms with Crippen molar-refractivity contribution >= 4 is 51.9 Å². The summed E-state index contributed by atoms with van der Waals surface area (Å²) in [6.45, 7) is 4.41. The molecular weight excluding hydrogens is 554 g/mol. The van der Waals surface area contributed by atoms with Crippen molar-refractivity contribution in [1.82, 2.24) is 5.43 Å². The zero-order chi connectivity index (χ0) is 28.6. The number of esters is 1. The van der Waals surface area contributed by atoms with E-state index in [2.05, 4.69) is 22.8 Å². The number of carbonyl (C=O) groups is 3. The minimum Gasteiger partial charge on any atom is -0.493 e. The molecule has 9 nitrogen and oxygen atoms in total. The Labute approximate surface area is 241 Å². The summed E-state index contributed by atoms with van der Waals surface area (Å²) in [5, 5.41) is 7.44. The predicted molar refractivity (Wildman–Crippen MR) is 155 cm³/mol. The molecule has 210 valence electrons. The van der Waals surface area contributed by atoms with Crippen LogP contribution in [0.2, 0.25) is 5.02 Å². The zero-order valence-corrected chi connectivity index (χ0v) is 24.0. The van der Waals surface area contributed by atoms with Gasteiger partial charge in [0.1, 0.15) is 11.6 Å². The number of nitrogens with one attached hydrogen (secondary N) is 2. The van der Waals surface area contributed by atoms with Gasteiger partial charge in [-0.25, -0.2) is 10.2 Å². The molecule has 0 saturated carbocycles. The number of anilines is 1. The van der Waals surface area contributed by atoms with Crippen LogP contribution in [0.3, 0.4) is 0 Å². The number of thiophene rings is 1. The number of amides is 2. The lowest BCUT2D eigenvalue weighted by Crippen LogP contribution is -2.32. The third kappa shape index (κ3) is 7.19. The summed E-state index contributed by atoms with van der Waals surface area (Å²) in [5.74, 6) is -0.922. The topological polar surface area (TPSA) is 115 Å². The maximum absolute atomic E-state index is 12.6. The first-order valence-corrected chi connectivity index (χ1v) is 14.0. The van der Waals surface area contributed by atoms with E-state index in [1.807, 2.05) is 12.1 Å². The van der Waals surface area contributed by atoms with E-state index in [4.69, 9.17) is 25.8 Å². The van der Waals surface area contributed by atoms with E-state index in [0.29, 0.717) is 45.2 Å². The van der Waals surface area contributed by atoms with Crippen LogP contribution in [0, 0.1) is 5.92 Å². The van der Waals surface area contributed by atoms with Crippen LogP contribution in [0.1, 0.15) is 52.2 Å². The number of benzene rings is 2. The van der Waals surface area contributed by atoms with E-state index < -0.39 is 17.8 Å². The maximum atomic E-state index is 12.6. The third-order valence-electron chi connectivity index (χ3n) is 6.30. The second kappa shape index (κ2) is 13.5. The van der Waals surface area contributed by atoms with E-state index in [9.17, 15) is 14.4 Å². The number of rotatable bonds is 9. The first-order chi connectivity index (χ1) is 19.3. The zero-order valence-electron chi connectivity index (χ0n) is 22.4. The van der Waals surface area contributed by atoms with Gasteiger partial charge in [-0.1, -0.05) is 30.7 Å². The summed E-state index contributed by atoms with van der Waals surface area (Å²) >= 11 is 7.23. The fourth-order valence-corrected chi connectivity index (χ4v) is 5.78. The van der Waals surface area contributed by atoms with Crippen molar-refractivity contribution in [3.05, 3.63) is 74.6 Å². The largest absolute Gasteiger partial charge is 0.493 e. The Bertz CT molecular complexity index is 1420. The van der Waals surface area contributed by atoms with Crippen molar-refractivity contribution in [2.75, 3.05) is 19.0 Å². The van der Waals surface area contributed by atoms with Gasteiger partial charge >= 0.3 is 17.8 Å². The van der Waals surface area contributed by atoms with Crippen LogP contribution in [0.4, 0.5) is 5.00 Å². The van der Waals surface area contributed by atoms with E-state index in [-0.39, 0.29) is 6.61 Å². The number of ether oxygens (including phenoxy) is 3. The van der Waals surface area contributed by atoms with Gasteiger partial charge in [-0.15, -0.1) is 11.3 Å². The number of carbonyl (C=O) groups excluding carboxylic acids is 3. The van der Waals surface area contributed by atoms with Crippen LogP contribution >= 0.6 is 22.9 Å². The second-order valence-corrected chi connectivity index (χ2v) is 10.8. The minimum absolute atomic E-state index is 0.211. The molecule has 2 aromatic carbocycles. The summed E-state index contributed by atoms with van der Waals surface area (Å²) in [5.41, 5.74) is 5.01. The number of hydrogen-bond donors (Lipinski definition) is 2. The van der Waals surface area contributed by atoms with Crippen molar-refractivity contribution in [2.45, 2.75) is 39.7 Å². The fourth-order valence-electron chi connectivity index (χ4n) is 4.26. The Balaban J connectivity index is 1.38. The molecule has 0 bridgehead atoms. The van der Waals surface area contributed by atoms with Crippen LogP contribution in [-0.2, 0) is 33.8 Å². The van der Waals surface area contributed by atoms with Gasteiger partial charge in [0.05, 0.1) is 25.5 Å². The number of methoxy groups -OCH3 is 1. The van der Waals surface area contributed by atoms with Crippen molar-refractivity contribution in [3.63, 3.8) is 0 Å². The Morgan fingerprint density at radius 1 is 1.12 bits per heavy atom. The van der Waals surface area contributed by atoms with Crippen LogP contribution in [0.25, 0.3) is 0 Å². The summed E-state index contributed by atoms with van der Waals surface area (Å²) in [6.07, 6.45) is 3.86. The minimum atomic E-state index is -0.972. The van der Waals surface area contributed by atoms with Crippen LogP contribution in [0.5, 0.6) is 11.5 Å². The molecule has 1 heterocycles. The average molecular weight is 584 g/mol. The van der Waals surface area contributed by atoms with Crippen LogP contribution in [-0.4, -0.2) is 37.7 Å². The second-order valence-electron chi connectivity index (χ2n) is 9.26. The molecule has 0 radical (unpaired) electrons. The summed E-state index contributed by atoms with van der Waals surface area (Å²) in [7, 11) is 1.52. The van der Waals surface area contributed by atoms with Gasteiger partial charge < -0.3 is 19.5 Å². The van der Waals surface area contributed by atoms with Crippen LogP contribution in [0.15, 0.2) is 47.6 Å². The Kier molecular flexibility index (Phi) is 9.79. The van der Waals surface area contributed by atoms with E-state index in [1.54, 1.807) is 37.3 Å².